The Hall–Kier alpha value is 0.210. The first-order valence-corrected chi connectivity index (χ1v) is 4.51. The third-order valence-corrected chi connectivity index (χ3v) is 2.33. The molecule has 1 aliphatic rings. The van der Waals surface area contributed by atoms with Crippen LogP contribution in [0.5, 0.6) is 0 Å². The predicted octanol–water partition coefficient (Wildman–Crippen LogP) is 2.66. The van der Waals surface area contributed by atoms with Crippen molar-refractivity contribution in [2.45, 2.75) is 5.38 Å². The second-order valence-corrected chi connectivity index (χ2v) is 3.68. The lowest BCUT2D eigenvalue weighted by Gasteiger charge is -2.17. The minimum Gasteiger partial charge on any atom is -0.384 e. The van der Waals surface area contributed by atoms with Crippen molar-refractivity contribution in [3.05, 3.63) is 28.6 Å². The summed E-state index contributed by atoms with van der Waals surface area (Å²) in [4.78, 5) is 0. The van der Waals surface area contributed by atoms with Crippen LogP contribution in [0.25, 0.3) is 0 Å². The summed E-state index contributed by atoms with van der Waals surface area (Å²) in [7, 11) is 1.66. The molecule has 1 atom stereocenters. The van der Waals surface area contributed by atoms with Gasteiger partial charge in [-0.15, -0.1) is 11.6 Å². The number of hydrogen-bond acceptors (Lipinski definition) is 1. The van der Waals surface area contributed by atoms with Crippen molar-refractivity contribution in [1.82, 2.24) is 0 Å². The molecule has 0 bridgehead atoms. The average Bonchev–Trinajstić information content (AvgIpc) is 1.98. The van der Waals surface area contributed by atoms with Gasteiger partial charge in [-0.2, -0.15) is 0 Å². The normalized spacial score (nSPS) is 25.4. The zero-order chi connectivity index (χ0) is 8.27. The molecule has 0 amide bonds. The molecule has 61 valence electrons. The van der Waals surface area contributed by atoms with E-state index in [1.54, 1.807) is 7.11 Å². The minimum atomic E-state index is -0.0174. The van der Waals surface area contributed by atoms with Crippen LogP contribution in [-0.4, -0.2) is 19.1 Å². The van der Waals surface area contributed by atoms with Crippen LogP contribution in [0.1, 0.15) is 0 Å². The van der Waals surface area contributed by atoms with Crippen LogP contribution in [0, 0.1) is 5.92 Å². The molecule has 0 aromatic rings. The quantitative estimate of drug-likeness (QED) is 0.670. The first-order chi connectivity index (χ1) is 5.24. The predicted molar refractivity (Wildman–Crippen MR) is 50.9 cm³/mol. The van der Waals surface area contributed by atoms with Gasteiger partial charge in [-0.05, 0) is 0 Å². The molecule has 1 unspecified atom stereocenters. The van der Waals surface area contributed by atoms with Gasteiger partial charge in [-0.25, -0.2) is 0 Å². The van der Waals surface area contributed by atoms with Crippen LogP contribution in [-0.2, 0) is 4.74 Å². The summed E-state index contributed by atoms with van der Waals surface area (Å²) < 4.78 is 6.02. The number of methoxy groups -OCH3 is 1. The average molecular weight is 237 g/mol. The van der Waals surface area contributed by atoms with E-state index in [2.05, 4.69) is 15.9 Å². The Labute approximate surface area is 80.2 Å². The smallest absolute Gasteiger partial charge is 0.0642 e. The van der Waals surface area contributed by atoms with Gasteiger partial charge in [0.1, 0.15) is 0 Å². The summed E-state index contributed by atoms with van der Waals surface area (Å²) in [6.07, 6.45) is 5.86. The molecule has 0 fully saturated rings. The summed E-state index contributed by atoms with van der Waals surface area (Å²) in [5.74, 6) is 1.09. The Kier molecular flexibility index (Phi) is 3.63. The summed E-state index contributed by atoms with van der Waals surface area (Å²) in [5.41, 5.74) is 0. The highest BCUT2D eigenvalue weighted by Gasteiger charge is 2.18. The third-order valence-electron chi connectivity index (χ3n) is 1.41. The van der Waals surface area contributed by atoms with E-state index in [9.17, 15) is 0 Å². The van der Waals surface area contributed by atoms with Gasteiger partial charge in [0.05, 0.1) is 12.0 Å². The minimum absolute atomic E-state index is 0.0174. The molecule has 11 heavy (non-hydrogen) atoms. The SMILES string of the molecule is COC[C]1C=C(Br)C=CC1Cl. The first-order valence-electron chi connectivity index (χ1n) is 3.28. The molecule has 0 spiro atoms. The maximum Gasteiger partial charge on any atom is 0.0642 e. The van der Waals surface area contributed by atoms with Crippen LogP contribution in [0.3, 0.4) is 0 Å². The Bertz CT molecular complexity index is 189. The Morgan fingerprint density at radius 2 is 2.45 bits per heavy atom. The number of allylic oxidation sites excluding steroid dienone is 3. The monoisotopic (exact) mass is 235 g/mol. The van der Waals surface area contributed by atoms with Crippen LogP contribution in [0.15, 0.2) is 22.7 Å². The van der Waals surface area contributed by atoms with E-state index in [0.717, 1.165) is 10.4 Å². The summed E-state index contributed by atoms with van der Waals surface area (Å²) >= 11 is 9.32. The lowest BCUT2D eigenvalue weighted by Crippen LogP contribution is -2.15. The summed E-state index contributed by atoms with van der Waals surface area (Å²) in [5, 5.41) is -0.0174. The van der Waals surface area contributed by atoms with E-state index in [-0.39, 0.29) is 5.38 Å². The molecular weight excluding hydrogens is 227 g/mol. The molecule has 3 heteroatoms. The maximum absolute atomic E-state index is 5.96. The van der Waals surface area contributed by atoms with E-state index >= 15 is 0 Å². The molecule has 0 aromatic heterocycles. The van der Waals surface area contributed by atoms with Gasteiger partial charge in [0, 0.05) is 17.5 Å². The summed E-state index contributed by atoms with van der Waals surface area (Å²) in [6.45, 7) is 0.591. The molecule has 1 aliphatic carbocycles. The van der Waals surface area contributed by atoms with E-state index in [0.29, 0.717) is 6.61 Å². The molecule has 0 saturated heterocycles. The van der Waals surface area contributed by atoms with Gasteiger partial charge in [0.2, 0.25) is 0 Å². The van der Waals surface area contributed by atoms with Crippen molar-refractivity contribution in [2.75, 3.05) is 13.7 Å². The first kappa shape index (κ1) is 9.30. The number of alkyl halides is 1. The lowest BCUT2D eigenvalue weighted by atomic mass is 10.0. The van der Waals surface area contributed by atoms with Crippen molar-refractivity contribution < 1.29 is 4.74 Å². The largest absolute Gasteiger partial charge is 0.384 e. The highest BCUT2D eigenvalue weighted by molar-refractivity contribution is 9.11. The second kappa shape index (κ2) is 4.29. The summed E-state index contributed by atoms with van der Waals surface area (Å²) in [6, 6.07) is 0. The van der Waals surface area contributed by atoms with Gasteiger partial charge in [0.25, 0.3) is 0 Å². The van der Waals surface area contributed by atoms with Crippen LogP contribution >= 0.6 is 27.5 Å². The number of halogens is 2. The van der Waals surface area contributed by atoms with Gasteiger partial charge in [-0.3, -0.25) is 0 Å². The molecule has 1 radical (unpaired) electrons. The fraction of sp³-hybridized carbons (Fsp3) is 0.375. The molecule has 0 N–H and O–H groups in total. The number of hydrogen-bond donors (Lipinski definition) is 0. The van der Waals surface area contributed by atoms with Gasteiger partial charge < -0.3 is 4.74 Å². The zero-order valence-corrected chi connectivity index (χ0v) is 8.52. The Balaban J connectivity index is 2.58. The van der Waals surface area contributed by atoms with Crippen molar-refractivity contribution in [1.29, 1.82) is 0 Å². The standard InChI is InChI=1S/C8H9BrClO/c1-11-5-6-4-7(9)2-3-8(6)10/h2-4,8H,5H2,1H3. The second-order valence-electron chi connectivity index (χ2n) is 2.30. The van der Waals surface area contributed by atoms with Crippen LogP contribution < -0.4 is 0 Å². The molecule has 0 aromatic carbocycles. The van der Waals surface area contributed by atoms with Crippen molar-refractivity contribution in [3.63, 3.8) is 0 Å². The maximum atomic E-state index is 5.96. The van der Waals surface area contributed by atoms with E-state index in [1.807, 2.05) is 18.2 Å². The van der Waals surface area contributed by atoms with E-state index in [4.69, 9.17) is 16.3 Å². The number of rotatable bonds is 2. The fourth-order valence-corrected chi connectivity index (χ4v) is 1.54. The third kappa shape index (κ3) is 2.62. The topological polar surface area (TPSA) is 9.23 Å². The van der Waals surface area contributed by atoms with Gasteiger partial charge in [-0.1, -0.05) is 34.2 Å². The molecular formula is C8H9BrClO. The molecule has 1 nitrogen and oxygen atoms in total. The Morgan fingerprint density at radius 3 is 3.09 bits per heavy atom. The van der Waals surface area contributed by atoms with Crippen LogP contribution in [0.4, 0.5) is 0 Å². The lowest BCUT2D eigenvalue weighted by molar-refractivity contribution is 0.213. The van der Waals surface area contributed by atoms with Gasteiger partial charge >= 0.3 is 0 Å². The molecule has 0 aliphatic heterocycles. The molecule has 0 heterocycles. The van der Waals surface area contributed by atoms with Crippen molar-refractivity contribution in [2.24, 2.45) is 0 Å². The van der Waals surface area contributed by atoms with E-state index < -0.39 is 0 Å². The highest BCUT2D eigenvalue weighted by atomic mass is 79.9. The van der Waals surface area contributed by atoms with Gasteiger partial charge in [0.15, 0.2) is 0 Å². The molecule has 1 rings (SSSR count). The van der Waals surface area contributed by atoms with E-state index in [1.165, 1.54) is 0 Å². The zero-order valence-electron chi connectivity index (χ0n) is 6.18. The van der Waals surface area contributed by atoms with Crippen molar-refractivity contribution in [3.8, 4) is 0 Å². The number of ether oxygens (including phenoxy) is 1. The van der Waals surface area contributed by atoms with Crippen molar-refractivity contribution >= 4 is 27.5 Å². The molecule has 0 saturated carbocycles. The fourth-order valence-electron chi connectivity index (χ4n) is 0.893. The van der Waals surface area contributed by atoms with Crippen LogP contribution in [0.2, 0.25) is 0 Å². The Morgan fingerprint density at radius 1 is 1.73 bits per heavy atom. The highest BCUT2D eigenvalue weighted by Crippen LogP contribution is 2.26.